The summed E-state index contributed by atoms with van der Waals surface area (Å²) in [5.74, 6) is -4.07. The van der Waals surface area contributed by atoms with Crippen LogP contribution in [0.15, 0.2) is 33.6 Å². The number of rotatable bonds is 4. The second-order valence-corrected chi connectivity index (χ2v) is 6.32. The van der Waals surface area contributed by atoms with Crippen LogP contribution in [-0.2, 0) is 16.2 Å². The molecule has 0 saturated heterocycles. The molecule has 0 fully saturated rings. The van der Waals surface area contributed by atoms with Crippen molar-refractivity contribution in [1.82, 2.24) is 0 Å². The molecular weight excluding hydrogens is 355 g/mol. The van der Waals surface area contributed by atoms with E-state index in [9.17, 15) is 31.5 Å². The molecule has 0 atom stereocenters. The molecule has 0 aliphatic heterocycles. The number of furan rings is 1. The van der Waals surface area contributed by atoms with Gasteiger partial charge in [0.2, 0.25) is 5.76 Å². The SMILES string of the molecule is Cc1oc(C(F)(F)F)cc1S(=O)(=O)Nc1ccc(C(=O)O)c(O)c1. The molecular formula is C13H10F3NO6S. The van der Waals surface area contributed by atoms with Crippen molar-refractivity contribution in [2.24, 2.45) is 0 Å². The molecule has 1 heterocycles. The average Bonchev–Trinajstić information content (AvgIpc) is 2.80. The fourth-order valence-corrected chi connectivity index (χ4v) is 3.09. The number of nitrogens with one attached hydrogen (secondary N) is 1. The third-order valence-corrected chi connectivity index (χ3v) is 4.41. The first-order chi connectivity index (χ1) is 10.9. The Morgan fingerprint density at radius 3 is 2.33 bits per heavy atom. The van der Waals surface area contributed by atoms with Crippen molar-refractivity contribution in [3.05, 3.63) is 41.3 Å². The second kappa shape index (κ2) is 5.74. The monoisotopic (exact) mass is 365 g/mol. The van der Waals surface area contributed by atoms with Crippen molar-refractivity contribution in [3.63, 3.8) is 0 Å². The molecule has 1 aromatic carbocycles. The maximum Gasteiger partial charge on any atom is 0.449 e. The number of benzene rings is 1. The smallest absolute Gasteiger partial charge is 0.449 e. The molecule has 2 aromatic rings. The first-order valence-corrected chi connectivity index (χ1v) is 7.67. The largest absolute Gasteiger partial charge is 0.507 e. The van der Waals surface area contributed by atoms with Gasteiger partial charge in [-0.1, -0.05) is 0 Å². The van der Waals surface area contributed by atoms with Gasteiger partial charge in [-0.15, -0.1) is 0 Å². The van der Waals surface area contributed by atoms with Gasteiger partial charge in [-0.2, -0.15) is 13.2 Å². The lowest BCUT2D eigenvalue weighted by Crippen LogP contribution is -2.13. The third kappa shape index (κ3) is 3.45. The predicted molar refractivity (Wildman–Crippen MR) is 74.3 cm³/mol. The minimum Gasteiger partial charge on any atom is -0.507 e. The number of halogens is 3. The summed E-state index contributed by atoms with van der Waals surface area (Å²) in [6.45, 7) is 1.05. The van der Waals surface area contributed by atoms with Crippen molar-refractivity contribution < 1.29 is 41.0 Å². The lowest BCUT2D eigenvalue weighted by molar-refractivity contribution is -0.153. The summed E-state index contributed by atoms with van der Waals surface area (Å²) in [6, 6.07) is 3.14. The van der Waals surface area contributed by atoms with Crippen LogP contribution in [0.25, 0.3) is 0 Å². The average molecular weight is 365 g/mol. The Bertz CT molecular complexity index is 901. The standard InChI is InChI=1S/C13H10F3NO6S/c1-6-10(5-11(23-6)13(14,15)16)24(21,22)17-7-2-3-8(12(19)20)9(18)4-7/h2-5,17-18H,1H3,(H,19,20). The number of carboxylic acids is 1. The van der Waals surface area contributed by atoms with Gasteiger partial charge in [0.1, 0.15) is 22.0 Å². The van der Waals surface area contributed by atoms with E-state index in [1.54, 1.807) is 0 Å². The maximum absolute atomic E-state index is 12.6. The Kier molecular flexibility index (Phi) is 4.23. The lowest BCUT2D eigenvalue weighted by Gasteiger charge is -2.08. The first-order valence-electron chi connectivity index (χ1n) is 6.18. The van der Waals surface area contributed by atoms with Gasteiger partial charge in [0.15, 0.2) is 0 Å². The highest BCUT2D eigenvalue weighted by molar-refractivity contribution is 7.92. The molecule has 1 aromatic heterocycles. The van der Waals surface area contributed by atoms with E-state index in [4.69, 9.17) is 5.11 Å². The summed E-state index contributed by atoms with van der Waals surface area (Å²) >= 11 is 0. The van der Waals surface area contributed by atoms with Crippen molar-refractivity contribution in [2.75, 3.05) is 4.72 Å². The van der Waals surface area contributed by atoms with E-state index in [1.807, 2.05) is 4.72 Å². The zero-order valence-electron chi connectivity index (χ0n) is 11.9. The number of aromatic carboxylic acids is 1. The Morgan fingerprint density at radius 1 is 1.25 bits per heavy atom. The fourth-order valence-electron chi connectivity index (χ4n) is 1.86. The minimum atomic E-state index is -4.85. The Balaban J connectivity index is 2.37. The van der Waals surface area contributed by atoms with Crippen molar-refractivity contribution in [2.45, 2.75) is 18.0 Å². The van der Waals surface area contributed by atoms with Crippen LogP contribution in [0.1, 0.15) is 21.9 Å². The molecule has 2 rings (SSSR count). The van der Waals surface area contributed by atoms with E-state index in [1.165, 1.54) is 0 Å². The van der Waals surface area contributed by atoms with Gasteiger partial charge in [0, 0.05) is 12.1 Å². The first kappa shape index (κ1) is 17.7. The number of phenols is 1. The molecule has 0 bridgehead atoms. The number of aryl methyl sites for hydroxylation is 1. The molecule has 0 aliphatic rings. The van der Waals surface area contributed by atoms with E-state index >= 15 is 0 Å². The highest BCUT2D eigenvalue weighted by Crippen LogP contribution is 2.34. The summed E-state index contributed by atoms with van der Waals surface area (Å²) in [7, 11) is -4.44. The van der Waals surface area contributed by atoms with E-state index < -0.39 is 49.9 Å². The molecule has 0 saturated carbocycles. The zero-order valence-corrected chi connectivity index (χ0v) is 12.7. The molecule has 0 aliphatic carbocycles. The minimum absolute atomic E-state index is 0.230. The molecule has 7 nitrogen and oxygen atoms in total. The summed E-state index contributed by atoms with van der Waals surface area (Å²) in [6.07, 6.45) is -4.85. The highest BCUT2D eigenvalue weighted by atomic mass is 32.2. The number of carboxylic acid groups (broad SMARTS) is 1. The summed E-state index contributed by atoms with van der Waals surface area (Å²) in [5, 5.41) is 18.3. The van der Waals surface area contributed by atoms with Crippen molar-refractivity contribution in [3.8, 4) is 5.75 Å². The maximum atomic E-state index is 12.6. The van der Waals surface area contributed by atoms with Crippen LogP contribution in [0.4, 0.5) is 18.9 Å². The predicted octanol–water partition coefficient (Wildman–Crippen LogP) is 2.81. The summed E-state index contributed by atoms with van der Waals surface area (Å²) in [4.78, 5) is 10.0. The topological polar surface area (TPSA) is 117 Å². The van der Waals surface area contributed by atoms with Gasteiger partial charge in [0.25, 0.3) is 10.0 Å². The van der Waals surface area contributed by atoms with Crippen LogP contribution in [0.3, 0.4) is 0 Å². The number of alkyl halides is 3. The zero-order chi connectivity index (χ0) is 18.3. The van der Waals surface area contributed by atoms with E-state index in [0.717, 1.165) is 25.1 Å². The molecule has 0 unspecified atom stereocenters. The Morgan fingerprint density at radius 2 is 1.88 bits per heavy atom. The van der Waals surface area contributed by atoms with Gasteiger partial charge in [-0.05, 0) is 19.1 Å². The number of sulfonamides is 1. The fraction of sp³-hybridized carbons (Fsp3) is 0.154. The van der Waals surface area contributed by atoms with E-state index in [2.05, 4.69) is 4.42 Å². The molecule has 0 radical (unpaired) electrons. The lowest BCUT2D eigenvalue weighted by atomic mass is 10.2. The van der Waals surface area contributed by atoms with Gasteiger partial charge in [-0.25, -0.2) is 13.2 Å². The van der Waals surface area contributed by atoms with Crippen LogP contribution in [0, 0.1) is 6.92 Å². The molecule has 130 valence electrons. The van der Waals surface area contributed by atoms with Crippen LogP contribution in [-0.4, -0.2) is 24.6 Å². The highest BCUT2D eigenvalue weighted by Gasteiger charge is 2.37. The quantitative estimate of drug-likeness (QED) is 0.767. The van der Waals surface area contributed by atoms with E-state index in [-0.39, 0.29) is 5.69 Å². The summed E-state index contributed by atoms with van der Waals surface area (Å²) < 4.78 is 68.4. The molecule has 0 amide bonds. The normalized spacial score (nSPS) is 12.2. The van der Waals surface area contributed by atoms with Gasteiger partial charge in [-0.3, -0.25) is 4.72 Å². The number of anilines is 1. The number of aromatic hydroxyl groups is 1. The molecule has 24 heavy (non-hydrogen) atoms. The summed E-state index contributed by atoms with van der Waals surface area (Å²) in [5.41, 5.74) is -0.691. The Labute approximate surface area is 133 Å². The van der Waals surface area contributed by atoms with Crippen molar-refractivity contribution >= 4 is 21.7 Å². The van der Waals surface area contributed by atoms with Crippen molar-refractivity contribution in [1.29, 1.82) is 0 Å². The van der Waals surface area contributed by atoms with E-state index in [0.29, 0.717) is 6.07 Å². The second-order valence-electron chi connectivity index (χ2n) is 4.67. The molecule has 11 heteroatoms. The van der Waals surface area contributed by atoms with Crippen LogP contribution >= 0.6 is 0 Å². The third-order valence-electron chi connectivity index (χ3n) is 2.92. The Hall–Kier alpha value is -2.69. The van der Waals surface area contributed by atoms with Crippen LogP contribution < -0.4 is 4.72 Å². The molecule has 0 spiro atoms. The number of carbonyl (C=O) groups is 1. The van der Waals surface area contributed by atoms with Gasteiger partial charge < -0.3 is 14.6 Å². The van der Waals surface area contributed by atoms with Gasteiger partial charge in [0.05, 0.1) is 5.69 Å². The number of hydrogen-bond donors (Lipinski definition) is 3. The number of hydrogen-bond acceptors (Lipinski definition) is 5. The molecule has 3 N–H and O–H groups in total. The van der Waals surface area contributed by atoms with Gasteiger partial charge >= 0.3 is 12.1 Å². The van der Waals surface area contributed by atoms with Crippen LogP contribution in [0.2, 0.25) is 0 Å². The van der Waals surface area contributed by atoms with Crippen LogP contribution in [0.5, 0.6) is 5.75 Å².